The van der Waals surface area contributed by atoms with Crippen LogP contribution in [0.15, 0.2) is 194 Å². The van der Waals surface area contributed by atoms with Gasteiger partial charge < -0.3 is 14.6 Å². The van der Waals surface area contributed by atoms with Crippen LogP contribution >= 0.6 is 0 Å². The third-order valence-corrected chi connectivity index (χ3v) is 13.9. The quantitative estimate of drug-likeness (QED) is 0.0373. The molecule has 0 aliphatic heterocycles. The second-order valence-electron chi connectivity index (χ2n) is 21.8. The molecule has 0 aromatic carbocycles. The fraction of sp³-hybridized carbons (Fsp3) is 0.570. The maximum atomic E-state index is 12.3. The summed E-state index contributed by atoms with van der Waals surface area (Å²) in [4.78, 5) is 24.6. The Labute approximate surface area is 518 Å². The first-order chi connectivity index (χ1) is 41.6. The second-order valence-corrected chi connectivity index (χ2v) is 21.8. The van der Waals surface area contributed by atoms with E-state index in [9.17, 15) is 14.7 Å². The van der Waals surface area contributed by atoms with E-state index in [0.29, 0.717) is 12.8 Å². The highest BCUT2D eigenvalue weighted by Gasteiger charge is 2.16. The molecule has 0 aliphatic carbocycles. The number of hydrogen-bond acceptors (Lipinski definition) is 5. The van der Waals surface area contributed by atoms with E-state index in [1.54, 1.807) is 0 Å². The Balaban J connectivity index is 3.59. The summed E-state index contributed by atoms with van der Waals surface area (Å²) in [5, 5.41) is 9.69. The lowest BCUT2D eigenvalue weighted by atomic mass is 10.0. The molecule has 1 unspecified atom stereocenters. The average Bonchev–Trinajstić information content (AvgIpc) is 3.51. The zero-order chi connectivity index (χ0) is 60.5. The van der Waals surface area contributed by atoms with Crippen molar-refractivity contribution in [3.63, 3.8) is 0 Å². The summed E-state index contributed by atoms with van der Waals surface area (Å²) in [6.45, 7) is 3.88. The molecule has 0 fully saturated rings. The first-order valence-corrected chi connectivity index (χ1v) is 34.0. The molecule has 0 aliphatic rings. The van der Waals surface area contributed by atoms with Crippen molar-refractivity contribution in [1.82, 2.24) is 0 Å². The molecule has 470 valence electrons. The molecular formula is C79H124O5. The largest absolute Gasteiger partial charge is 0.462 e. The molecular weight excluding hydrogens is 1030 g/mol. The van der Waals surface area contributed by atoms with Gasteiger partial charge in [0.2, 0.25) is 0 Å². The predicted molar refractivity (Wildman–Crippen MR) is 370 cm³/mol. The van der Waals surface area contributed by atoms with E-state index in [-0.39, 0.29) is 25.2 Å². The van der Waals surface area contributed by atoms with Gasteiger partial charge in [0.1, 0.15) is 6.61 Å². The first-order valence-electron chi connectivity index (χ1n) is 34.0. The van der Waals surface area contributed by atoms with Gasteiger partial charge in [-0.25, -0.2) is 0 Å². The topological polar surface area (TPSA) is 72.8 Å². The van der Waals surface area contributed by atoms with Crippen LogP contribution in [-0.2, 0) is 19.1 Å². The van der Waals surface area contributed by atoms with Crippen molar-refractivity contribution in [2.45, 2.75) is 277 Å². The van der Waals surface area contributed by atoms with Crippen molar-refractivity contribution in [2.75, 3.05) is 13.2 Å². The Hall–Kier alpha value is -5.26. The number of carbonyl (C=O) groups excluding carboxylic acids is 2. The minimum Gasteiger partial charge on any atom is -0.462 e. The smallest absolute Gasteiger partial charge is 0.306 e. The van der Waals surface area contributed by atoms with Crippen LogP contribution in [0.4, 0.5) is 0 Å². The van der Waals surface area contributed by atoms with Crippen LogP contribution in [0.5, 0.6) is 0 Å². The van der Waals surface area contributed by atoms with Crippen molar-refractivity contribution in [2.24, 2.45) is 0 Å². The molecule has 5 heteroatoms. The molecule has 0 aromatic heterocycles. The molecule has 0 amide bonds. The molecule has 84 heavy (non-hydrogen) atoms. The van der Waals surface area contributed by atoms with Crippen LogP contribution in [-0.4, -0.2) is 36.4 Å². The molecule has 0 heterocycles. The first kappa shape index (κ1) is 78.7. The van der Waals surface area contributed by atoms with Gasteiger partial charge in [0.15, 0.2) is 6.10 Å². The number of aliphatic hydroxyl groups excluding tert-OH is 1. The monoisotopic (exact) mass is 1150 g/mol. The van der Waals surface area contributed by atoms with E-state index in [2.05, 4.69) is 208 Å². The lowest BCUT2D eigenvalue weighted by molar-refractivity contribution is -0.161. The van der Waals surface area contributed by atoms with E-state index >= 15 is 0 Å². The third-order valence-electron chi connectivity index (χ3n) is 13.9. The Morgan fingerprint density at radius 1 is 0.274 bits per heavy atom. The average molecular weight is 1150 g/mol. The maximum absolute atomic E-state index is 12.3. The van der Waals surface area contributed by atoms with Gasteiger partial charge >= 0.3 is 11.9 Å². The molecule has 1 N–H and O–H groups in total. The molecule has 1 atom stereocenters. The number of unbranched alkanes of at least 4 members (excludes halogenated alkanes) is 20. The summed E-state index contributed by atoms with van der Waals surface area (Å²) in [5.74, 6) is -0.637. The minimum absolute atomic E-state index is 0.0901. The van der Waals surface area contributed by atoms with Gasteiger partial charge in [-0.15, -0.1) is 0 Å². The zero-order valence-corrected chi connectivity index (χ0v) is 53.8. The molecule has 5 nitrogen and oxygen atoms in total. The molecule has 0 saturated heterocycles. The number of carbonyl (C=O) groups is 2. The van der Waals surface area contributed by atoms with Crippen LogP contribution < -0.4 is 0 Å². The maximum Gasteiger partial charge on any atom is 0.306 e. The van der Waals surface area contributed by atoms with E-state index < -0.39 is 6.10 Å². The van der Waals surface area contributed by atoms with Crippen LogP contribution in [0.1, 0.15) is 271 Å². The van der Waals surface area contributed by atoms with E-state index in [0.717, 1.165) is 148 Å². The summed E-state index contributed by atoms with van der Waals surface area (Å²) in [6.07, 6.45) is 114. The van der Waals surface area contributed by atoms with E-state index in [1.807, 2.05) is 0 Å². The van der Waals surface area contributed by atoms with E-state index in [4.69, 9.17) is 9.47 Å². The van der Waals surface area contributed by atoms with Crippen molar-refractivity contribution in [1.29, 1.82) is 0 Å². The molecule has 0 saturated carbocycles. The number of aliphatic hydroxyl groups is 1. The van der Waals surface area contributed by atoms with Gasteiger partial charge in [-0.05, 0) is 141 Å². The van der Waals surface area contributed by atoms with Gasteiger partial charge in [-0.3, -0.25) is 9.59 Å². The van der Waals surface area contributed by atoms with Gasteiger partial charge in [0.25, 0.3) is 0 Å². The lowest BCUT2D eigenvalue weighted by Crippen LogP contribution is -2.28. The molecule has 0 radical (unpaired) electrons. The Kier molecular flexibility index (Phi) is 67.5. The number of rotatable bonds is 60. The summed E-state index contributed by atoms with van der Waals surface area (Å²) >= 11 is 0. The predicted octanol–water partition coefficient (Wildman–Crippen LogP) is 24.0. The van der Waals surface area contributed by atoms with Crippen molar-refractivity contribution < 1.29 is 24.2 Å². The molecule has 0 aromatic rings. The molecule has 0 rings (SSSR count). The summed E-state index contributed by atoms with van der Waals surface area (Å²) in [5.41, 5.74) is 0. The number of esters is 2. The van der Waals surface area contributed by atoms with Crippen LogP contribution in [0.2, 0.25) is 0 Å². The Bertz CT molecular complexity index is 1930. The third kappa shape index (κ3) is 69.2. The Morgan fingerprint density at radius 2 is 0.476 bits per heavy atom. The summed E-state index contributed by atoms with van der Waals surface area (Å²) in [7, 11) is 0. The normalized spacial score (nSPS) is 13.5. The standard InChI is InChI=1S/C79H124O5/c1-3-5-7-9-11-13-15-17-19-21-23-25-27-29-31-33-35-36-37-38-39-40-41-42-44-45-47-49-51-53-55-57-59-61-63-65-67-69-71-73-78(81)83-76-77(75-80)84-79(82)74-72-70-68-66-64-62-60-58-56-54-52-50-48-46-43-34-32-30-28-26-24-22-20-18-16-14-12-10-8-6-4-2/h5-8,11-14,17-20,23-26,29-32,35-36,38-39,43,46,50,52,56,58,62,64,77,80H,3-4,9-10,15-16,21-22,27-28,33-34,37,40-42,44-45,47-49,51,53-55,57,59-61,63,65-76H2,1-2H3/b7-5-,8-6-,13-11-,14-12-,19-17-,20-18-,25-23-,26-24-,31-29-,32-30-,36-35-,39-38-,46-43-,52-50-,58-56-,64-62-. The number of ether oxygens (including phenoxy) is 2. The van der Waals surface area contributed by atoms with Gasteiger partial charge in [0.05, 0.1) is 6.61 Å². The van der Waals surface area contributed by atoms with Crippen LogP contribution in [0.3, 0.4) is 0 Å². The van der Waals surface area contributed by atoms with E-state index in [1.165, 1.54) is 96.3 Å². The highest BCUT2D eigenvalue weighted by atomic mass is 16.6. The fourth-order valence-electron chi connectivity index (χ4n) is 8.88. The summed E-state index contributed by atoms with van der Waals surface area (Å²) in [6, 6.07) is 0. The minimum atomic E-state index is -0.805. The Morgan fingerprint density at radius 3 is 0.726 bits per heavy atom. The molecule has 0 spiro atoms. The second kappa shape index (κ2) is 72.0. The highest BCUT2D eigenvalue weighted by Crippen LogP contribution is 2.16. The van der Waals surface area contributed by atoms with Crippen LogP contribution in [0.25, 0.3) is 0 Å². The van der Waals surface area contributed by atoms with Crippen molar-refractivity contribution in [3.8, 4) is 0 Å². The zero-order valence-electron chi connectivity index (χ0n) is 53.8. The number of allylic oxidation sites excluding steroid dienone is 32. The van der Waals surface area contributed by atoms with Gasteiger partial charge in [0, 0.05) is 12.8 Å². The highest BCUT2D eigenvalue weighted by molar-refractivity contribution is 5.70. The van der Waals surface area contributed by atoms with Crippen molar-refractivity contribution >= 4 is 11.9 Å². The van der Waals surface area contributed by atoms with Gasteiger partial charge in [-0.1, -0.05) is 311 Å². The lowest BCUT2D eigenvalue weighted by Gasteiger charge is -2.15. The molecule has 0 bridgehead atoms. The number of hydrogen-bond donors (Lipinski definition) is 1. The van der Waals surface area contributed by atoms with Crippen molar-refractivity contribution in [3.05, 3.63) is 194 Å². The summed E-state index contributed by atoms with van der Waals surface area (Å²) < 4.78 is 10.7. The van der Waals surface area contributed by atoms with Crippen LogP contribution in [0, 0.1) is 0 Å². The SMILES string of the molecule is CC/C=C\C/C=C\C/C=C\C/C=C\C/C=C\C/C=C\C/C=C\C/C=C\C/C=C\CCCCCC(=O)OC(CO)COC(=O)CCCCCCCCCCCCCCCCCCC/C=C\C/C=C\C/C=C\C/C=C\C/C=C\C/C=C\C/C=C\CC. The van der Waals surface area contributed by atoms with Gasteiger partial charge in [-0.2, -0.15) is 0 Å². The fourth-order valence-corrected chi connectivity index (χ4v) is 8.88.